The summed E-state index contributed by atoms with van der Waals surface area (Å²) in [4.78, 5) is 35.6. The number of methoxy groups -OCH3 is 1. The summed E-state index contributed by atoms with van der Waals surface area (Å²) in [7, 11) is 1.27. The van der Waals surface area contributed by atoms with Crippen LogP contribution in [0.5, 0.6) is 0 Å². The minimum absolute atomic E-state index is 0.264. The van der Waals surface area contributed by atoms with E-state index in [0.717, 1.165) is 5.56 Å². The maximum absolute atomic E-state index is 12.6. The molecule has 10 heteroatoms. The Kier molecular flexibility index (Phi) is 8.78. The Balaban J connectivity index is 2.00. The number of aliphatic carboxylic acids is 1. The SMILES string of the molecule is COC(=O)Nc1ccc(-c2cc(C(Cc3ccccc3)NC(=O)OC(C)(C)C)nnc2CC(=O)O)cc1. The topological polar surface area (TPSA) is 140 Å². The predicted octanol–water partition coefficient (Wildman–Crippen LogP) is 4.76. The van der Waals surface area contributed by atoms with Crippen molar-refractivity contribution >= 4 is 23.8 Å². The molecule has 0 aliphatic carbocycles. The van der Waals surface area contributed by atoms with Crippen LogP contribution in [0.4, 0.5) is 15.3 Å². The van der Waals surface area contributed by atoms with Gasteiger partial charge in [-0.25, -0.2) is 9.59 Å². The summed E-state index contributed by atoms with van der Waals surface area (Å²) in [6.07, 6.45) is -1.14. The maximum Gasteiger partial charge on any atom is 0.411 e. The average Bonchev–Trinajstić information content (AvgIpc) is 2.83. The van der Waals surface area contributed by atoms with Crippen LogP contribution in [0.3, 0.4) is 0 Å². The Morgan fingerprint density at radius 3 is 2.24 bits per heavy atom. The van der Waals surface area contributed by atoms with Gasteiger partial charge in [-0.05, 0) is 56.5 Å². The second-order valence-electron chi connectivity index (χ2n) is 9.28. The largest absolute Gasteiger partial charge is 0.481 e. The molecule has 3 N–H and O–H groups in total. The van der Waals surface area contributed by atoms with E-state index in [-0.39, 0.29) is 12.1 Å². The molecule has 2 aromatic carbocycles. The van der Waals surface area contributed by atoms with Crippen molar-refractivity contribution in [3.8, 4) is 11.1 Å². The van der Waals surface area contributed by atoms with Gasteiger partial charge in [0.25, 0.3) is 0 Å². The number of carbonyl (C=O) groups is 3. The zero-order chi connectivity index (χ0) is 27.0. The third kappa shape index (κ3) is 8.31. The molecule has 1 heterocycles. The van der Waals surface area contributed by atoms with Gasteiger partial charge in [-0.1, -0.05) is 42.5 Å². The van der Waals surface area contributed by atoms with Gasteiger partial charge in [-0.2, -0.15) is 10.2 Å². The van der Waals surface area contributed by atoms with Crippen LogP contribution in [0.25, 0.3) is 11.1 Å². The number of benzene rings is 2. The van der Waals surface area contributed by atoms with Crippen molar-refractivity contribution in [3.05, 3.63) is 77.6 Å². The Labute approximate surface area is 215 Å². The van der Waals surface area contributed by atoms with Crippen LogP contribution in [-0.4, -0.2) is 46.2 Å². The molecule has 0 fully saturated rings. The normalized spacial score (nSPS) is 11.8. The molecule has 194 valence electrons. The van der Waals surface area contributed by atoms with Gasteiger partial charge >= 0.3 is 18.2 Å². The minimum atomic E-state index is -1.06. The number of alkyl carbamates (subject to hydrolysis) is 1. The van der Waals surface area contributed by atoms with Crippen LogP contribution in [0.15, 0.2) is 60.7 Å². The molecule has 0 spiro atoms. The van der Waals surface area contributed by atoms with E-state index < -0.39 is 29.8 Å². The van der Waals surface area contributed by atoms with Gasteiger partial charge in [0.2, 0.25) is 0 Å². The summed E-state index contributed by atoms with van der Waals surface area (Å²) in [5.74, 6) is -1.06. The van der Waals surface area contributed by atoms with Gasteiger partial charge in [0.1, 0.15) is 5.60 Å². The van der Waals surface area contributed by atoms with E-state index in [1.165, 1.54) is 7.11 Å². The average molecular weight is 507 g/mol. The van der Waals surface area contributed by atoms with Crippen molar-refractivity contribution in [2.45, 2.75) is 45.3 Å². The minimum Gasteiger partial charge on any atom is -0.481 e. The van der Waals surface area contributed by atoms with Crippen molar-refractivity contribution in [2.75, 3.05) is 12.4 Å². The van der Waals surface area contributed by atoms with Crippen LogP contribution in [0, 0.1) is 0 Å². The zero-order valence-electron chi connectivity index (χ0n) is 21.1. The van der Waals surface area contributed by atoms with Gasteiger partial charge in [0, 0.05) is 11.3 Å². The number of carboxylic acids is 1. The monoisotopic (exact) mass is 506 g/mol. The van der Waals surface area contributed by atoms with Gasteiger partial charge in [-0.15, -0.1) is 0 Å². The fourth-order valence-corrected chi connectivity index (χ4v) is 3.56. The molecule has 0 bridgehead atoms. The summed E-state index contributed by atoms with van der Waals surface area (Å²) in [5, 5.41) is 23.3. The summed E-state index contributed by atoms with van der Waals surface area (Å²) in [6.45, 7) is 5.32. The van der Waals surface area contributed by atoms with E-state index in [1.54, 1.807) is 51.1 Å². The number of nitrogens with zero attached hydrogens (tertiary/aromatic N) is 2. The smallest absolute Gasteiger partial charge is 0.411 e. The van der Waals surface area contributed by atoms with E-state index >= 15 is 0 Å². The molecule has 0 aliphatic heterocycles. The molecule has 0 aliphatic rings. The Morgan fingerprint density at radius 1 is 0.973 bits per heavy atom. The van der Waals surface area contributed by atoms with Crippen molar-refractivity contribution in [1.82, 2.24) is 15.5 Å². The highest BCUT2D eigenvalue weighted by molar-refractivity contribution is 5.85. The number of hydrogen-bond donors (Lipinski definition) is 3. The van der Waals surface area contributed by atoms with Crippen molar-refractivity contribution < 1.29 is 29.0 Å². The van der Waals surface area contributed by atoms with Crippen molar-refractivity contribution in [1.29, 1.82) is 0 Å². The quantitative estimate of drug-likeness (QED) is 0.397. The number of rotatable bonds is 8. The maximum atomic E-state index is 12.6. The standard InChI is InChI=1S/C27H30N4O6/c1-27(2,3)37-26(35)29-22(14-17-8-6-5-7-9-17)23-15-20(21(30-31-23)16-24(32)33)18-10-12-19(13-11-18)28-25(34)36-4/h5-13,15,22H,14,16H2,1-4H3,(H,28,34)(H,29,35)(H,32,33). The van der Waals surface area contributed by atoms with E-state index in [1.807, 2.05) is 30.3 Å². The van der Waals surface area contributed by atoms with Crippen LogP contribution in [-0.2, 0) is 27.1 Å². The molecular weight excluding hydrogens is 476 g/mol. The lowest BCUT2D eigenvalue weighted by Gasteiger charge is -2.24. The number of carbonyl (C=O) groups excluding carboxylic acids is 2. The predicted molar refractivity (Wildman–Crippen MR) is 137 cm³/mol. The van der Waals surface area contributed by atoms with Gasteiger partial charge in [0.05, 0.1) is 31.0 Å². The summed E-state index contributed by atoms with van der Waals surface area (Å²) in [6, 6.07) is 17.5. The van der Waals surface area contributed by atoms with Crippen molar-refractivity contribution in [2.24, 2.45) is 0 Å². The van der Waals surface area contributed by atoms with Crippen LogP contribution in [0.2, 0.25) is 0 Å². The first-order chi connectivity index (χ1) is 17.5. The lowest BCUT2D eigenvalue weighted by molar-refractivity contribution is -0.136. The zero-order valence-corrected chi connectivity index (χ0v) is 21.1. The third-order valence-electron chi connectivity index (χ3n) is 5.17. The van der Waals surface area contributed by atoms with Crippen molar-refractivity contribution in [3.63, 3.8) is 0 Å². The Bertz CT molecular complexity index is 1240. The molecule has 1 atom stereocenters. The van der Waals surface area contributed by atoms with Gasteiger partial charge in [-0.3, -0.25) is 10.1 Å². The lowest BCUT2D eigenvalue weighted by atomic mass is 9.98. The first-order valence-electron chi connectivity index (χ1n) is 11.6. The second kappa shape index (κ2) is 12.0. The number of nitrogens with one attached hydrogen (secondary N) is 2. The molecule has 1 unspecified atom stereocenters. The Hall–Kier alpha value is -4.47. The summed E-state index contributed by atoms with van der Waals surface area (Å²) in [5.41, 5.74) is 2.69. The number of amides is 2. The highest BCUT2D eigenvalue weighted by Crippen LogP contribution is 2.28. The fourth-order valence-electron chi connectivity index (χ4n) is 3.56. The molecule has 0 saturated heterocycles. The van der Waals surface area contributed by atoms with Crippen LogP contribution in [0.1, 0.15) is 43.8 Å². The first-order valence-corrected chi connectivity index (χ1v) is 11.6. The highest BCUT2D eigenvalue weighted by atomic mass is 16.6. The summed E-state index contributed by atoms with van der Waals surface area (Å²) >= 11 is 0. The number of carboxylic acid groups (broad SMARTS) is 1. The van der Waals surface area contributed by atoms with E-state index in [2.05, 4.69) is 25.6 Å². The van der Waals surface area contributed by atoms with E-state index in [4.69, 9.17) is 4.74 Å². The number of ether oxygens (including phenoxy) is 2. The highest BCUT2D eigenvalue weighted by Gasteiger charge is 2.24. The third-order valence-corrected chi connectivity index (χ3v) is 5.17. The molecular formula is C27H30N4O6. The van der Waals surface area contributed by atoms with E-state index in [9.17, 15) is 19.5 Å². The van der Waals surface area contributed by atoms with E-state index in [0.29, 0.717) is 28.9 Å². The van der Waals surface area contributed by atoms with Crippen LogP contribution >= 0.6 is 0 Å². The van der Waals surface area contributed by atoms with Gasteiger partial charge < -0.3 is 19.9 Å². The lowest BCUT2D eigenvalue weighted by Crippen LogP contribution is -2.36. The fraction of sp³-hybridized carbons (Fsp3) is 0.296. The van der Waals surface area contributed by atoms with Crippen LogP contribution < -0.4 is 10.6 Å². The molecule has 3 aromatic rings. The number of anilines is 1. The first kappa shape index (κ1) is 27.1. The molecule has 0 saturated carbocycles. The summed E-state index contributed by atoms with van der Waals surface area (Å²) < 4.78 is 10.1. The number of hydrogen-bond acceptors (Lipinski definition) is 7. The molecule has 3 rings (SSSR count). The molecule has 1 aromatic heterocycles. The number of aromatic nitrogens is 2. The molecule has 10 nitrogen and oxygen atoms in total. The molecule has 0 radical (unpaired) electrons. The Morgan fingerprint density at radius 2 is 1.65 bits per heavy atom. The molecule has 37 heavy (non-hydrogen) atoms. The van der Waals surface area contributed by atoms with Gasteiger partial charge in [0.15, 0.2) is 0 Å². The molecule has 2 amide bonds. The second-order valence-corrected chi connectivity index (χ2v) is 9.28.